The average molecular weight is 289 g/mol. The van der Waals surface area contributed by atoms with Crippen LogP contribution in [0.25, 0.3) is 17.4 Å². The van der Waals surface area contributed by atoms with Crippen LogP contribution in [-0.4, -0.2) is 37.8 Å². The molecule has 1 atom stereocenters. The zero-order chi connectivity index (χ0) is 14.8. The molecule has 1 fully saturated rings. The number of nitrogens with zero attached hydrogens (tertiary/aromatic N) is 4. The first-order valence-electron chi connectivity index (χ1n) is 7.17. The van der Waals surface area contributed by atoms with Gasteiger partial charge in [0.25, 0.3) is 0 Å². The third-order valence-electron chi connectivity index (χ3n) is 3.52. The maximum Gasteiger partial charge on any atom is 0.247 e. The Balaban J connectivity index is 1.92. The molecule has 0 saturated heterocycles. The molecule has 1 aliphatic rings. The molecule has 3 rings (SSSR count). The van der Waals surface area contributed by atoms with Crippen molar-refractivity contribution >= 4 is 23.3 Å². The molecule has 1 saturated carbocycles. The van der Waals surface area contributed by atoms with E-state index in [4.69, 9.17) is 15.6 Å². The van der Waals surface area contributed by atoms with Crippen LogP contribution in [0.3, 0.4) is 0 Å². The van der Waals surface area contributed by atoms with Crippen LogP contribution in [0.5, 0.6) is 5.88 Å². The largest absolute Gasteiger partial charge is 0.476 e. The van der Waals surface area contributed by atoms with Gasteiger partial charge < -0.3 is 15.6 Å². The number of aliphatic hydroxyl groups is 1. The summed E-state index contributed by atoms with van der Waals surface area (Å²) in [7, 11) is 0. The zero-order valence-corrected chi connectivity index (χ0v) is 12.0. The molecular weight excluding hydrogens is 270 g/mol. The summed E-state index contributed by atoms with van der Waals surface area (Å²) in [5, 5.41) is 9.10. The number of fused-ring (bicyclic) bond motifs is 1. The van der Waals surface area contributed by atoms with E-state index in [0.717, 1.165) is 19.3 Å². The topological polar surface area (TPSA) is 99.1 Å². The summed E-state index contributed by atoms with van der Waals surface area (Å²) in [6.45, 7) is 2.87. The Morgan fingerprint density at radius 3 is 3.10 bits per heavy atom. The van der Waals surface area contributed by atoms with Crippen molar-refractivity contribution in [2.45, 2.75) is 26.2 Å². The van der Waals surface area contributed by atoms with Crippen molar-refractivity contribution in [2.24, 2.45) is 5.92 Å². The highest BCUT2D eigenvalue weighted by atomic mass is 16.5. The standard InChI is InChI=1S/C14H19N5O2/c1-2-3-4-21-13-11-12(17-14(15)18-13)19(8-16-11)6-9-5-10(9)7-20/h6,8,10,20H,2-5,7H2,1H3,(H2,15,17,18)/b9-6-/t10-/m1/s1. The molecule has 7 heteroatoms. The maximum absolute atomic E-state index is 9.10. The Kier molecular flexibility index (Phi) is 3.74. The highest BCUT2D eigenvalue weighted by Gasteiger charge is 2.29. The van der Waals surface area contributed by atoms with Gasteiger partial charge in [-0.1, -0.05) is 13.3 Å². The van der Waals surface area contributed by atoms with Gasteiger partial charge in [-0.05, 0) is 18.4 Å². The van der Waals surface area contributed by atoms with Gasteiger partial charge in [0.15, 0.2) is 11.2 Å². The number of nitrogens with two attached hydrogens (primary N) is 1. The smallest absolute Gasteiger partial charge is 0.247 e. The van der Waals surface area contributed by atoms with Crippen LogP contribution in [0.4, 0.5) is 5.95 Å². The van der Waals surface area contributed by atoms with Gasteiger partial charge in [-0.3, -0.25) is 4.57 Å². The minimum absolute atomic E-state index is 0.170. The van der Waals surface area contributed by atoms with Crippen molar-refractivity contribution in [1.82, 2.24) is 19.5 Å². The lowest BCUT2D eigenvalue weighted by atomic mass is 10.4. The van der Waals surface area contributed by atoms with Gasteiger partial charge in [0, 0.05) is 18.7 Å². The van der Waals surface area contributed by atoms with Crippen molar-refractivity contribution in [2.75, 3.05) is 18.9 Å². The fourth-order valence-electron chi connectivity index (χ4n) is 2.16. The summed E-state index contributed by atoms with van der Waals surface area (Å²) in [5.74, 6) is 0.864. The van der Waals surface area contributed by atoms with Crippen molar-refractivity contribution in [3.63, 3.8) is 0 Å². The normalized spacial score (nSPS) is 19.3. The molecule has 0 aromatic carbocycles. The van der Waals surface area contributed by atoms with Gasteiger partial charge in [-0.25, -0.2) is 4.98 Å². The van der Waals surface area contributed by atoms with E-state index in [9.17, 15) is 0 Å². The van der Waals surface area contributed by atoms with Gasteiger partial charge >= 0.3 is 0 Å². The van der Waals surface area contributed by atoms with E-state index in [1.165, 1.54) is 5.57 Å². The molecule has 112 valence electrons. The van der Waals surface area contributed by atoms with Gasteiger partial charge in [-0.2, -0.15) is 9.97 Å². The molecule has 2 aromatic rings. The lowest BCUT2D eigenvalue weighted by Crippen LogP contribution is -2.04. The summed E-state index contributed by atoms with van der Waals surface area (Å²) in [5.41, 5.74) is 8.17. The molecule has 2 heterocycles. The third-order valence-corrected chi connectivity index (χ3v) is 3.52. The quantitative estimate of drug-likeness (QED) is 0.781. The van der Waals surface area contributed by atoms with Crippen LogP contribution in [0, 0.1) is 5.92 Å². The molecular formula is C14H19N5O2. The summed E-state index contributed by atoms with van der Waals surface area (Å²) >= 11 is 0. The Labute approximate surface area is 122 Å². The number of nitrogen functional groups attached to an aromatic ring is 1. The predicted molar refractivity (Wildman–Crippen MR) is 79.6 cm³/mol. The summed E-state index contributed by atoms with van der Waals surface area (Å²) in [6, 6.07) is 0. The number of ether oxygens (including phenoxy) is 1. The maximum atomic E-state index is 9.10. The molecule has 0 aliphatic heterocycles. The zero-order valence-electron chi connectivity index (χ0n) is 12.0. The molecule has 0 unspecified atom stereocenters. The average Bonchev–Trinajstić information content (AvgIpc) is 3.11. The van der Waals surface area contributed by atoms with Gasteiger partial charge in [-0.15, -0.1) is 0 Å². The Bertz CT molecular complexity index is 679. The second-order valence-electron chi connectivity index (χ2n) is 5.20. The van der Waals surface area contributed by atoms with E-state index in [2.05, 4.69) is 21.9 Å². The fraction of sp³-hybridized carbons (Fsp3) is 0.500. The molecule has 2 aromatic heterocycles. The molecule has 0 amide bonds. The number of rotatable bonds is 6. The predicted octanol–water partition coefficient (Wildman–Crippen LogP) is 1.44. The Morgan fingerprint density at radius 2 is 2.38 bits per heavy atom. The van der Waals surface area contributed by atoms with Gasteiger partial charge in [0.1, 0.15) is 6.33 Å². The van der Waals surface area contributed by atoms with Crippen molar-refractivity contribution in [3.8, 4) is 5.88 Å². The summed E-state index contributed by atoms with van der Waals surface area (Å²) < 4.78 is 7.46. The number of anilines is 1. The Hall–Kier alpha value is -2.15. The fourth-order valence-corrected chi connectivity index (χ4v) is 2.16. The number of unbranched alkanes of at least 4 members (excludes halogenated alkanes) is 1. The minimum Gasteiger partial charge on any atom is -0.476 e. The second-order valence-corrected chi connectivity index (χ2v) is 5.20. The van der Waals surface area contributed by atoms with Crippen LogP contribution < -0.4 is 10.5 Å². The minimum atomic E-state index is 0.170. The van der Waals surface area contributed by atoms with Crippen LogP contribution in [0.2, 0.25) is 0 Å². The Morgan fingerprint density at radius 1 is 1.52 bits per heavy atom. The number of hydrogen-bond acceptors (Lipinski definition) is 6. The van der Waals surface area contributed by atoms with E-state index >= 15 is 0 Å². The lowest BCUT2D eigenvalue weighted by molar-refractivity contribution is 0.281. The first-order chi connectivity index (χ1) is 10.2. The molecule has 21 heavy (non-hydrogen) atoms. The number of hydrogen-bond donors (Lipinski definition) is 2. The van der Waals surface area contributed by atoms with Crippen LogP contribution >= 0.6 is 0 Å². The number of imidazole rings is 1. The highest BCUT2D eigenvalue weighted by molar-refractivity contribution is 5.79. The highest BCUT2D eigenvalue weighted by Crippen LogP contribution is 2.38. The number of aliphatic hydroxyl groups excluding tert-OH is 1. The first kappa shape index (κ1) is 13.8. The summed E-state index contributed by atoms with van der Waals surface area (Å²) in [6.07, 6.45) is 6.53. The van der Waals surface area contributed by atoms with Crippen molar-refractivity contribution < 1.29 is 9.84 Å². The third kappa shape index (κ3) is 2.82. The summed E-state index contributed by atoms with van der Waals surface area (Å²) in [4.78, 5) is 12.7. The van der Waals surface area contributed by atoms with Gasteiger partial charge in [0.05, 0.1) is 6.61 Å². The van der Waals surface area contributed by atoms with Gasteiger partial charge in [0.2, 0.25) is 11.8 Å². The monoisotopic (exact) mass is 289 g/mol. The van der Waals surface area contributed by atoms with E-state index in [-0.39, 0.29) is 18.5 Å². The van der Waals surface area contributed by atoms with Crippen molar-refractivity contribution in [3.05, 3.63) is 11.9 Å². The molecule has 0 spiro atoms. The van der Waals surface area contributed by atoms with Crippen LogP contribution in [-0.2, 0) is 0 Å². The van der Waals surface area contributed by atoms with Crippen LogP contribution in [0.1, 0.15) is 26.2 Å². The SMILES string of the molecule is CCCCOc1nc(N)nc2c1ncn2/C=C1/C[C@@H]1CO. The van der Waals surface area contributed by atoms with Crippen LogP contribution in [0.15, 0.2) is 11.9 Å². The molecule has 0 radical (unpaired) electrons. The molecule has 3 N–H and O–H groups in total. The van der Waals surface area contributed by atoms with E-state index in [0.29, 0.717) is 23.7 Å². The number of aromatic nitrogens is 4. The lowest BCUT2D eigenvalue weighted by Gasteiger charge is -2.05. The van der Waals surface area contributed by atoms with E-state index in [1.54, 1.807) is 6.33 Å². The van der Waals surface area contributed by atoms with E-state index in [1.807, 2.05) is 10.8 Å². The van der Waals surface area contributed by atoms with Crippen molar-refractivity contribution in [1.29, 1.82) is 0 Å². The first-order valence-corrected chi connectivity index (χ1v) is 7.17. The molecule has 1 aliphatic carbocycles. The molecule has 7 nitrogen and oxygen atoms in total. The van der Waals surface area contributed by atoms with E-state index < -0.39 is 0 Å². The second kappa shape index (κ2) is 5.69. The molecule has 0 bridgehead atoms.